The predicted molar refractivity (Wildman–Crippen MR) is 77.3 cm³/mol. The first-order chi connectivity index (χ1) is 9.51. The molecular formula is C13H17N3O3S. The van der Waals surface area contributed by atoms with E-state index >= 15 is 0 Å². The third kappa shape index (κ3) is 3.51. The van der Waals surface area contributed by atoms with Gasteiger partial charge in [-0.25, -0.2) is 13.1 Å². The zero-order valence-corrected chi connectivity index (χ0v) is 12.2. The molecule has 2 aromatic rings. The third-order valence-electron chi connectivity index (χ3n) is 2.58. The van der Waals surface area contributed by atoms with Crippen LogP contribution in [-0.4, -0.2) is 19.9 Å². The van der Waals surface area contributed by atoms with Crippen LogP contribution in [0.25, 0.3) is 0 Å². The van der Waals surface area contributed by atoms with Crippen molar-refractivity contribution in [3.8, 4) is 0 Å². The van der Waals surface area contributed by atoms with Crippen molar-refractivity contribution in [2.75, 3.05) is 16.6 Å². The molecule has 7 heteroatoms. The van der Waals surface area contributed by atoms with E-state index in [1.807, 2.05) is 0 Å². The van der Waals surface area contributed by atoms with Gasteiger partial charge in [0.15, 0.2) is 0 Å². The third-order valence-corrected chi connectivity index (χ3v) is 3.92. The molecule has 6 nitrogen and oxygen atoms in total. The number of hydrogen-bond acceptors (Lipinski definition) is 5. The Hall–Kier alpha value is -2.02. The van der Waals surface area contributed by atoms with Crippen LogP contribution < -0.4 is 10.0 Å². The number of benzene rings is 1. The maximum atomic E-state index is 12.1. The fourth-order valence-corrected chi connectivity index (χ4v) is 2.53. The van der Waals surface area contributed by atoms with Gasteiger partial charge in [-0.15, -0.1) is 0 Å². The normalized spacial score (nSPS) is 11.3. The Balaban J connectivity index is 2.13. The van der Waals surface area contributed by atoms with Crippen molar-refractivity contribution >= 4 is 21.7 Å². The maximum Gasteiger partial charge on any atom is 0.309 e. The lowest BCUT2D eigenvalue weighted by Gasteiger charge is -2.07. The molecule has 1 aromatic heterocycles. The fourth-order valence-electron chi connectivity index (χ4n) is 1.60. The van der Waals surface area contributed by atoms with Crippen LogP contribution in [0.5, 0.6) is 0 Å². The molecule has 0 aliphatic heterocycles. The van der Waals surface area contributed by atoms with Crippen molar-refractivity contribution in [1.82, 2.24) is 4.98 Å². The standard InChI is InChI=1S/C13H17N3O3S/c1-3-8-14-11-4-6-12(7-5-11)20(17,18)16-13-15-10(2)9-19-13/h4-7,9,14H,3,8H2,1-2H3,(H,15,16). The number of aryl methyl sites for hydroxylation is 1. The van der Waals surface area contributed by atoms with E-state index in [2.05, 4.69) is 21.9 Å². The average molecular weight is 295 g/mol. The highest BCUT2D eigenvalue weighted by atomic mass is 32.2. The van der Waals surface area contributed by atoms with Crippen molar-refractivity contribution in [3.05, 3.63) is 36.2 Å². The van der Waals surface area contributed by atoms with Crippen LogP contribution in [0, 0.1) is 6.92 Å². The van der Waals surface area contributed by atoms with Gasteiger partial charge >= 0.3 is 6.01 Å². The van der Waals surface area contributed by atoms with E-state index in [1.165, 1.54) is 18.4 Å². The molecule has 0 unspecified atom stereocenters. The maximum absolute atomic E-state index is 12.1. The first kappa shape index (κ1) is 14.4. The molecule has 1 heterocycles. The van der Waals surface area contributed by atoms with Crippen LogP contribution in [0.4, 0.5) is 11.7 Å². The van der Waals surface area contributed by atoms with Crippen LogP contribution in [0.3, 0.4) is 0 Å². The van der Waals surface area contributed by atoms with Gasteiger partial charge in [-0.1, -0.05) is 6.92 Å². The lowest BCUT2D eigenvalue weighted by molar-refractivity contribution is 0.569. The lowest BCUT2D eigenvalue weighted by atomic mass is 10.3. The van der Waals surface area contributed by atoms with E-state index in [4.69, 9.17) is 4.42 Å². The largest absolute Gasteiger partial charge is 0.431 e. The second-order valence-corrected chi connectivity index (χ2v) is 6.03. The van der Waals surface area contributed by atoms with E-state index in [-0.39, 0.29) is 10.9 Å². The number of anilines is 2. The summed E-state index contributed by atoms with van der Waals surface area (Å²) in [6, 6.07) is 6.50. The summed E-state index contributed by atoms with van der Waals surface area (Å²) in [4.78, 5) is 4.07. The second-order valence-electron chi connectivity index (χ2n) is 4.35. The summed E-state index contributed by atoms with van der Waals surface area (Å²) in [6.07, 6.45) is 2.39. The van der Waals surface area contributed by atoms with Gasteiger partial charge < -0.3 is 9.73 Å². The van der Waals surface area contributed by atoms with Crippen LogP contribution in [0.15, 0.2) is 39.8 Å². The molecule has 0 saturated carbocycles. The van der Waals surface area contributed by atoms with E-state index < -0.39 is 10.0 Å². The van der Waals surface area contributed by atoms with Crippen LogP contribution in [0.2, 0.25) is 0 Å². The molecule has 1 aromatic carbocycles. The molecule has 0 radical (unpaired) electrons. The highest BCUT2D eigenvalue weighted by molar-refractivity contribution is 7.92. The molecule has 2 rings (SSSR count). The summed E-state index contributed by atoms with van der Waals surface area (Å²) >= 11 is 0. The van der Waals surface area contributed by atoms with Crippen molar-refractivity contribution in [1.29, 1.82) is 0 Å². The fraction of sp³-hybridized carbons (Fsp3) is 0.308. The minimum Gasteiger partial charge on any atom is -0.431 e. The van der Waals surface area contributed by atoms with Crippen molar-refractivity contribution in [2.45, 2.75) is 25.2 Å². The van der Waals surface area contributed by atoms with Gasteiger partial charge in [0.05, 0.1) is 10.6 Å². The molecule has 108 valence electrons. The summed E-state index contributed by atoms with van der Waals surface area (Å²) in [5, 5.41) is 3.18. The topological polar surface area (TPSA) is 84.2 Å². The SMILES string of the molecule is CCCNc1ccc(S(=O)(=O)Nc2nc(C)co2)cc1. The zero-order valence-electron chi connectivity index (χ0n) is 11.4. The Kier molecular flexibility index (Phi) is 4.29. The van der Waals surface area contributed by atoms with Gasteiger partial charge in [-0.2, -0.15) is 4.98 Å². The Bertz CT molecular complexity index is 662. The van der Waals surface area contributed by atoms with Crippen molar-refractivity contribution in [2.24, 2.45) is 0 Å². The van der Waals surface area contributed by atoms with Gasteiger partial charge in [-0.05, 0) is 37.6 Å². The van der Waals surface area contributed by atoms with E-state index in [9.17, 15) is 8.42 Å². The van der Waals surface area contributed by atoms with Gasteiger partial charge in [0.25, 0.3) is 10.0 Å². The minimum absolute atomic E-state index is 0.0318. The van der Waals surface area contributed by atoms with Crippen molar-refractivity contribution < 1.29 is 12.8 Å². The van der Waals surface area contributed by atoms with E-state index in [0.29, 0.717) is 5.69 Å². The van der Waals surface area contributed by atoms with Crippen molar-refractivity contribution in [3.63, 3.8) is 0 Å². The Labute approximate surface area is 118 Å². The summed E-state index contributed by atoms with van der Waals surface area (Å²) in [7, 11) is -3.67. The number of hydrogen-bond donors (Lipinski definition) is 2. The highest BCUT2D eigenvalue weighted by Crippen LogP contribution is 2.17. The number of nitrogens with one attached hydrogen (secondary N) is 2. The molecular weight excluding hydrogens is 278 g/mol. The lowest BCUT2D eigenvalue weighted by Crippen LogP contribution is -2.13. The first-order valence-corrected chi connectivity index (χ1v) is 7.78. The van der Waals surface area contributed by atoms with Gasteiger partial charge in [0.1, 0.15) is 6.26 Å². The Morgan fingerprint density at radius 2 is 1.95 bits per heavy atom. The van der Waals surface area contributed by atoms with Crippen LogP contribution in [-0.2, 0) is 10.0 Å². The summed E-state index contributed by atoms with van der Waals surface area (Å²) in [6.45, 7) is 4.63. The van der Waals surface area contributed by atoms with Gasteiger partial charge in [0, 0.05) is 12.2 Å². The molecule has 0 spiro atoms. The number of rotatable bonds is 6. The summed E-state index contributed by atoms with van der Waals surface area (Å²) < 4.78 is 31.5. The van der Waals surface area contributed by atoms with E-state index in [1.54, 1.807) is 19.1 Å². The number of sulfonamides is 1. The van der Waals surface area contributed by atoms with E-state index in [0.717, 1.165) is 18.7 Å². The number of nitrogens with zero attached hydrogens (tertiary/aromatic N) is 1. The Morgan fingerprint density at radius 3 is 2.50 bits per heavy atom. The molecule has 0 aliphatic carbocycles. The predicted octanol–water partition coefficient (Wildman–Crippen LogP) is 2.61. The molecule has 2 N–H and O–H groups in total. The quantitative estimate of drug-likeness (QED) is 0.855. The highest BCUT2D eigenvalue weighted by Gasteiger charge is 2.16. The zero-order chi connectivity index (χ0) is 14.6. The number of aromatic nitrogens is 1. The number of oxazole rings is 1. The summed E-state index contributed by atoms with van der Waals surface area (Å²) in [5.74, 6) is 0. The molecule has 0 bridgehead atoms. The van der Waals surface area contributed by atoms with Crippen LogP contribution in [0.1, 0.15) is 19.0 Å². The molecule has 0 fully saturated rings. The molecule has 20 heavy (non-hydrogen) atoms. The first-order valence-electron chi connectivity index (χ1n) is 6.30. The smallest absolute Gasteiger partial charge is 0.309 e. The molecule has 0 atom stereocenters. The monoisotopic (exact) mass is 295 g/mol. The van der Waals surface area contributed by atoms with Gasteiger partial charge in [0.2, 0.25) is 0 Å². The molecule has 0 saturated heterocycles. The average Bonchev–Trinajstić information content (AvgIpc) is 2.81. The molecule has 0 amide bonds. The van der Waals surface area contributed by atoms with Crippen LogP contribution >= 0.6 is 0 Å². The Morgan fingerprint density at radius 1 is 1.25 bits per heavy atom. The minimum atomic E-state index is -3.67. The summed E-state index contributed by atoms with van der Waals surface area (Å²) in [5.41, 5.74) is 1.50. The second kappa shape index (κ2) is 5.96. The molecule has 0 aliphatic rings. The van der Waals surface area contributed by atoms with Gasteiger partial charge in [-0.3, -0.25) is 0 Å².